The van der Waals surface area contributed by atoms with Gasteiger partial charge in [-0.15, -0.1) is 0 Å². The molecule has 49 heavy (non-hydrogen) atoms. The zero-order valence-corrected chi connectivity index (χ0v) is 27.7. The maximum atomic E-state index is 13.6. The minimum atomic E-state index is -0.991. The number of aryl methyl sites for hydroxylation is 1. The van der Waals surface area contributed by atoms with Crippen molar-refractivity contribution in [2.75, 3.05) is 43.0 Å². The van der Waals surface area contributed by atoms with Crippen LogP contribution in [-0.2, 0) is 11.2 Å². The molecule has 2 saturated heterocycles. The molecule has 7 rings (SSSR count). The number of nitrogens with zero attached hydrogens (tertiary/aromatic N) is 9. The Morgan fingerprint density at radius 1 is 1.06 bits per heavy atom. The summed E-state index contributed by atoms with van der Waals surface area (Å²) >= 11 is 1.27. The summed E-state index contributed by atoms with van der Waals surface area (Å²) in [6, 6.07) is 12.2. The summed E-state index contributed by atoms with van der Waals surface area (Å²) in [4.78, 5) is 48.2. The number of aromatic nitrogens is 5. The van der Waals surface area contributed by atoms with Gasteiger partial charge in [0.2, 0.25) is 11.9 Å². The van der Waals surface area contributed by atoms with Crippen LogP contribution in [-0.4, -0.2) is 85.6 Å². The Kier molecular flexibility index (Phi) is 8.55. The maximum Gasteiger partial charge on any atom is 0.407 e. The van der Waals surface area contributed by atoms with E-state index in [4.69, 9.17) is 15.1 Å². The number of hydrogen-bond acceptors (Lipinski definition) is 10. The summed E-state index contributed by atoms with van der Waals surface area (Å²) in [5.74, 6) is 0.735. The molecule has 2 amide bonds. The average molecular weight is 681 g/mol. The van der Waals surface area contributed by atoms with Gasteiger partial charge < -0.3 is 25.1 Å². The van der Waals surface area contributed by atoms with Gasteiger partial charge in [-0.3, -0.25) is 9.20 Å². The molecule has 6 heterocycles. The van der Waals surface area contributed by atoms with Gasteiger partial charge in [0, 0.05) is 74.5 Å². The van der Waals surface area contributed by atoms with Crippen molar-refractivity contribution in [3.63, 3.8) is 0 Å². The summed E-state index contributed by atoms with van der Waals surface area (Å²) < 4.78 is 15.6. The van der Waals surface area contributed by atoms with Crippen LogP contribution in [0.4, 0.5) is 26.1 Å². The van der Waals surface area contributed by atoms with Gasteiger partial charge in [0.25, 0.3) is 0 Å². The number of nitriles is 1. The van der Waals surface area contributed by atoms with E-state index < -0.39 is 6.09 Å². The van der Waals surface area contributed by atoms with E-state index in [1.807, 2.05) is 41.6 Å². The van der Waals surface area contributed by atoms with Crippen LogP contribution >= 0.6 is 11.3 Å². The monoisotopic (exact) mass is 680 g/mol. The molecule has 2 aliphatic heterocycles. The van der Waals surface area contributed by atoms with Crippen molar-refractivity contribution in [1.29, 1.82) is 5.26 Å². The molecule has 1 aromatic carbocycles. The Morgan fingerprint density at radius 3 is 2.41 bits per heavy atom. The Hall–Kier alpha value is -5.62. The fraction of sp³-hybridized carbons (Fsp3) is 0.324. The molecule has 250 valence electrons. The summed E-state index contributed by atoms with van der Waals surface area (Å²) in [6.45, 7) is 3.93. The highest BCUT2D eigenvalue weighted by Crippen LogP contribution is 2.37. The van der Waals surface area contributed by atoms with Gasteiger partial charge in [-0.05, 0) is 55.7 Å². The molecule has 2 N–H and O–H groups in total. The molecule has 0 saturated carbocycles. The zero-order valence-electron chi connectivity index (χ0n) is 26.9. The van der Waals surface area contributed by atoms with E-state index in [0.29, 0.717) is 46.7 Å². The molecule has 0 radical (unpaired) electrons. The van der Waals surface area contributed by atoms with Gasteiger partial charge in [0.15, 0.2) is 5.13 Å². The number of imidazole rings is 1. The SMILES string of the molecule is CCc1nc2ccc(-c3cnc(N4CCC(NC(=O)C5CN(C(=O)O)C5)CC4)nc3)cn2c1N(C)c1nc(-c2ccc(F)cc2)c(C#N)s1. The van der Waals surface area contributed by atoms with Gasteiger partial charge >= 0.3 is 6.09 Å². The van der Waals surface area contributed by atoms with Gasteiger partial charge in [0.1, 0.15) is 33.9 Å². The number of halogens is 1. The quantitative estimate of drug-likeness (QED) is 0.230. The van der Waals surface area contributed by atoms with Crippen LogP contribution in [0.3, 0.4) is 0 Å². The summed E-state index contributed by atoms with van der Waals surface area (Å²) in [5, 5.41) is 22.5. The van der Waals surface area contributed by atoms with E-state index in [2.05, 4.69) is 26.3 Å². The number of amides is 2. The fourth-order valence-corrected chi connectivity index (χ4v) is 7.09. The van der Waals surface area contributed by atoms with Crippen molar-refractivity contribution in [3.8, 4) is 28.5 Å². The fourth-order valence-electron chi connectivity index (χ4n) is 6.24. The Balaban J connectivity index is 1.06. The topological polar surface area (TPSA) is 156 Å². The number of benzene rings is 1. The molecular weight excluding hydrogens is 648 g/mol. The molecule has 0 atom stereocenters. The van der Waals surface area contributed by atoms with Crippen molar-refractivity contribution in [1.82, 2.24) is 34.6 Å². The molecule has 13 nitrogen and oxygen atoms in total. The lowest BCUT2D eigenvalue weighted by Crippen LogP contribution is -2.57. The highest BCUT2D eigenvalue weighted by molar-refractivity contribution is 7.16. The second-order valence-corrected chi connectivity index (χ2v) is 13.1. The van der Waals surface area contributed by atoms with Gasteiger partial charge in [-0.1, -0.05) is 18.3 Å². The number of carboxylic acid groups (broad SMARTS) is 1. The number of hydrogen-bond donors (Lipinski definition) is 2. The molecule has 0 aliphatic carbocycles. The average Bonchev–Trinajstić information content (AvgIpc) is 3.69. The van der Waals surface area contributed by atoms with E-state index in [9.17, 15) is 19.2 Å². The minimum Gasteiger partial charge on any atom is -0.465 e. The molecule has 15 heteroatoms. The normalized spacial score (nSPS) is 15.2. The third-order valence-electron chi connectivity index (χ3n) is 9.06. The highest BCUT2D eigenvalue weighted by Gasteiger charge is 2.36. The van der Waals surface area contributed by atoms with E-state index in [0.717, 1.165) is 41.1 Å². The number of carbonyl (C=O) groups excluding carboxylic acids is 1. The van der Waals surface area contributed by atoms with Gasteiger partial charge in [-0.25, -0.2) is 29.1 Å². The number of piperidine rings is 1. The van der Waals surface area contributed by atoms with Gasteiger partial charge in [-0.2, -0.15) is 5.26 Å². The first-order chi connectivity index (χ1) is 23.7. The van der Waals surface area contributed by atoms with Crippen LogP contribution in [0, 0.1) is 23.1 Å². The number of likely N-dealkylation sites (tertiary alicyclic amines) is 1. The first kappa shape index (κ1) is 32.0. The standard InChI is InChI=1S/C34H33FN10O3S/c1-3-26-31(42(2)33-41-29(27(14-36)49-33)20-4-7-24(35)8-5-20)45-19-21(6-9-28(45)40-26)22-15-37-32(38-16-22)43-12-10-25(11-13-43)39-30(46)23-17-44(18-23)34(47)48/h4-9,15-16,19,23,25H,3,10-13,17-18H2,1-2H3,(H,39,46)(H,47,48). The second kappa shape index (κ2) is 13.1. The smallest absolute Gasteiger partial charge is 0.407 e. The molecule has 5 aromatic rings. The Bertz CT molecular complexity index is 2060. The number of fused-ring (bicyclic) bond motifs is 1. The lowest BCUT2D eigenvalue weighted by atomic mass is 9.98. The van der Waals surface area contributed by atoms with Crippen LogP contribution in [0.15, 0.2) is 55.0 Å². The second-order valence-electron chi connectivity index (χ2n) is 12.2. The van der Waals surface area contributed by atoms with Crippen molar-refractivity contribution in [2.45, 2.75) is 32.2 Å². The van der Waals surface area contributed by atoms with Crippen molar-refractivity contribution in [2.24, 2.45) is 5.92 Å². The first-order valence-corrected chi connectivity index (χ1v) is 16.8. The summed E-state index contributed by atoms with van der Waals surface area (Å²) in [7, 11) is 1.90. The van der Waals surface area contributed by atoms with E-state index in [1.165, 1.54) is 28.4 Å². The minimum absolute atomic E-state index is 0.0366. The van der Waals surface area contributed by atoms with Gasteiger partial charge in [0.05, 0.1) is 11.6 Å². The van der Waals surface area contributed by atoms with Crippen molar-refractivity contribution < 1.29 is 19.1 Å². The van der Waals surface area contributed by atoms with Crippen LogP contribution < -0.4 is 15.1 Å². The lowest BCUT2D eigenvalue weighted by molar-refractivity contribution is -0.130. The number of carbonyl (C=O) groups is 2. The predicted molar refractivity (Wildman–Crippen MR) is 182 cm³/mol. The molecule has 2 fully saturated rings. The molecule has 0 unspecified atom stereocenters. The number of nitrogens with one attached hydrogen (secondary N) is 1. The van der Waals surface area contributed by atoms with Crippen LogP contribution in [0.1, 0.15) is 30.3 Å². The molecule has 0 spiro atoms. The molecule has 2 aliphatic rings. The number of rotatable bonds is 8. The molecule has 0 bridgehead atoms. The molecular formula is C34H33FN10O3S. The van der Waals surface area contributed by atoms with E-state index in [-0.39, 0.29) is 36.8 Å². The number of pyridine rings is 1. The first-order valence-electron chi connectivity index (χ1n) is 16.0. The van der Waals surface area contributed by atoms with Crippen LogP contribution in [0.2, 0.25) is 0 Å². The Labute approximate surface area is 285 Å². The number of thiazole rings is 1. The zero-order chi connectivity index (χ0) is 34.2. The summed E-state index contributed by atoms with van der Waals surface area (Å²) in [6.07, 6.45) is 6.79. The Morgan fingerprint density at radius 2 is 1.76 bits per heavy atom. The lowest BCUT2D eigenvalue weighted by Gasteiger charge is -2.38. The third-order valence-corrected chi connectivity index (χ3v) is 10.1. The van der Waals surface area contributed by atoms with Crippen LogP contribution in [0.5, 0.6) is 0 Å². The predicted octanol–water partition coefficient (Wildman–Crippen LogP) is 4.95. The summed E-state index contributed by atoms with van der Waals surface area (Å²) in [5.41, 5.74) is 4.56. The van der Waals surface area contributed by atoms with Crippen molar-refractivity contribution >= 4 is 45.9 Å². The third kappa shape index (κ3) is 6.22. The largest absolute Gasteiger partial charge is 0.465 e. The van der Waals surface area contributed by atoms with E-state index >= 15 is 0 Å². The molecule has 4 aromatic heterocycles. The van der Waals surface area contributed by atoms with Crippen LogP contribution in [0.25, 0.3) is 28.0 Å². The highest BCUT2D eigenvalue weighted by atomic mass is 32.1. The van der Waals surface area contributed by atoms with Crippen molar-refractivity contribution in [3.05, 3.63) is 71.4 Å². The van der Waals surface area contributed by atoms with E-state index in [1.54, 1.807) is 24.5 Å². The maximum absolute atomic E-state index is 13.6. The number of anilines is 3.